The number of imidazole rings is 1. The van der Waals surface area contributed by atoms with Gasteiger partial charge in [-0.1, -0.05) is 5.21 Å². The van der Waals surface area contributed by atoms with Crippen LogP contribution in [0.4, 0.5) is 0 Å². The van der Waals surface area contributed by atoms with Crippen molar-refractivity contribution in [1.29, 1.82) is 0 Å². The normalized spacial score (nSPS) is 16.5. The van der Waals surface area contributed by atoms with Crippen molar-refractivity contribution in [2.75, 3.05) is 6.54 Å². The molecule has 2 N–H and O–H groups in total. The van der Waals surface area contributed by atoms with E-state index >= 15 is 0 Å². The Labute approximate surface area is 177 Å². The summed E-state index contributed by atoms with van der Waals surface area (Å²) in [7, 11) is 1.59. The highest BCUT2D eigenvalue weighted by atomic mass is 16.4. The fraction of sp³-hybridized carbons (Fsp3) is 0.450. The summed E-state index contributed by atoms with van der Waals surface area (Å²) in [5, 5.41) is 17.2. The molecule has 0 aromatic carbocycles. The number of piperidine rings is 1. The number of likely N-dealkylation sites (tertiary alicyclic amines) is 1. The second-order valence-corrected chi connectivity index (χ2v) is 7.70. The van der Waals surface area contributed by atoms with Gasteiger partial charge in [0.1, 0.15) is 18.0 Å². The number of rotatable bonds is 7. The number of carboxylic acids is 1. The first-order valence-electron chi connectivity index (χ1n) is 10.2. The summed E-state index contributed by atoms with van der Waals surface area (Å²) in [5.74, 6) is -0.884. The summed E-state index contributed by atoms with van der Waals surface area (Å²) in [6.07, 6.45) is 7.56. The van der Waals surface area contributed by atoms with Gasteiger partial charge in [0.2, 0.25) is 5.76 Å². The fourth-order valence-electron chi connectivity index (χ4n) is 3.94. The highest BCUT2D eigenvalue weighted by molar-refractivity contribution is 5.92. The van der Waals surface area contributed by atoms with E-state index in [2.05, 4.69) is 15.3 Å². The van der Waals surface area contributed by atoms with Gasteiger partial charge in [0, 0.05) is 32.0 Å². The molecule has 4 heterocycles. The van der Waals surface area contributed by atoms with Gasteiger partial charge in [-0.05, 0) is 44.2 Å². The first kappa shape index (κ1) is 20.6. The molecule has 1 fully saturated rings. The monoisotopic (exact) mass is 428 g/mol. The van der Waals surface area contributed by atoms with Crippen LogP contribution in [0.1, 0.15) is 58.2 Å². The number of carbonyl (C=O) groups excluding carboxylic acids is 1. The number of nitrogens with zero attached hydrogens (tertiary/aromatic N) is 5. The maximum Gasteiger partial charge on any atom is 0.371 e. The van der Waals surface area contributed by atoms with E-state index in [0.717, 1.165) is 31.4 Å². The molecule has 31 heavy (non-hydrogen) atoms. The Balaban J connectivity index is 1.38. The lowest BCUT2D eigenvalue weighted by atomic mass is 9.97. The van der Waals surface area contributed by atoms with E-state index in [-0.39, 0.29) is 29.9 Å². The van der Waals surface area contributed by atoms with Crippen molar-refractivity contribution in [2.24, 2.45) is 7.05 Å². The minimum atomic E-state index is -1.11. The fourth-order valence-corrected chi connectivity index (χ4v) is 3.94. The Morgan fingerprint density at radius 2 is 2.16 bits per heavy atom. The van der Waals surface area contributed by atoms with Crippen molar-refractivity contribution in [3.8, 4) is 0 Å². The van der Waals surface area contributed by atoms with Crippen LogP contribution in [0.25, 0.3) is 0 Å². The van der Waals surface area contributed by atoms with Gasteiger partial charge in [-0.25, -0.2) is 14.3 Å². The summed E-state index contributed by atoms with van der Waals surface area (Å²) in [6.45, 7) is 0.954. The molecule has 3 aromatic heterocycles. The van der Waals surface area contributed by atoms with Gasteiger partial charge in [-0.3, -0.25) is 9.36 Å². The zero-order valence-corrected chi connectivity index (χ0v) is 17.2. The summed E-state index contributed by atoms with van der Waals surface area (Å²) in [5.41, 5.74) is 0.847. The number of hydrogen-bond donors (Lipinski definition) is 2. The van der Waals surface area contributed by atoms with Crippen molar-refractivity contribution in [3.63, 3.8) is 0 Å². The number of aromatic amines is 1. The molecule has 0 aliphatic carbocycles. The topological polar surface area (TPSA) is 139 Å². The van der Waals surface area contributed by atoms with Crippen LogP contribution in [0.15, 0.2) is 33.7 Å². The summed E-state index contributed by atoms with van der Waals surface area (Å²) in [4.78, 5) is 40.0. The molecular weight excluding hydrogens is 404 g/mol. The molecule has 0 radical (unpaired) electrons. The third kappa shape index (κ3) is 4.44. The molecule has 11 nitrogen and oxygen atoms in total. The lowest BCUT2D eigenvalue weighted by molar-refractivity contribution is 0.0590. The minimum Gasteiger partial charge on any atom is -0.475 e. The van der Waals surface area contributed by atoms with Crippen molar-refractivity contribution in [3.05, 3.63) is 57.9 Å². The standard InChI is InChI=1S/C20H24N6O5/c1-24-16(10-21-20(24)30)18(27)26-9-3-2-4-14(26)6-5-13-11-25(23-22-13)12-15-7-8-17(31-15)19(28)29/h7-8,10-11,14H,2-6,9,12H2,1H3,(H,21,30)(H,28,29). The number of carboxylic acid groups (broad SMARTS) is 1. The third-order valence-electron chi connectivity index (χ3n) is 5.62. The molecule has 0 saturated carbocycles. The molecule has 1 aliphatic heterocycles. The molecule has 164 valence electrons. The quantitative estimate of drug-likeness (QED) is 0.578. The van der Waals surface area contributed by atoms with Crippen LogP contribution >= 0.6 is 0 Å². The predicted octanol–water partition coefficient (Wildman–Crippen LogP) is 1.27. The number of amides is 1. The number of aromatic nitrogens is 5. The number of aromatic carboxylic acids is 1. The summed E-state index contributed by atoms with van der Waals surface area (Å²) >= 11 is 0. The second kappa shape index (κ2) is 8.62. The zero-order valence-electron chi connectivity index (χ0n) is 17.2. The van der Waals surface area contributed by atoms with Crippen molar-refractivity contribution >= 4 is 11.9 Å². The first-order valence-corrected chi connectivity index (χ1v) is 10.2. The van der Waals surface area contributed by atoms with Crippen LogP contribution in [0, 0.1) is 0 Å². The highest BCUT2D eigenvalue weighted by Crippen LogP contribution is 2.23. The molecule has 3 aromatic rings. The van der Waals surface area contributed by atoms with E-state index in [0.29, 0.717) is 24.4 Å². The highest BCUT2D eigenvalue weighted by Gasteiger charge is 2.29. The molecule has 1 amide bonds. The maximum absolute atomic E-state index is 13.0. The molecule has 1 atom stereocenters. The smallest absolute Gasteiger partial charge is 0.371 e. The van der Waals surface area contributed by atoms with E-state index in [9.17, 15) is 14.4 Å². The number of hydrogen-bond acceptors (Lipinski definition) is 6. The molecular formula is C20H24N6O5. The molecule has 11 heteroatoms. The average Bonchev–Trinajstić information content (AvgIpc) is 3.49. The van der Waals surface area contributed by atoms with Gasteiger partial charge >= 0.3 is 11.7 Å². The van der Waals surface area contributed by atoms with E-state index in [1.807, 2.05) is 4.90 Å². The molecule has 1 unspecified atom stereocenters. The minimum absolute atomic E-state index is 0.0691. The van der Waals surface area contributed by atoms with Crippen LogP contribution < -0.4 is 5.69 Å². The Morgan fingerprint density at radius 3 is 2.87 bits per heavy atom. The van der Waals surface area contributed by atoms with Gasteiger partial charge in [-0.2, -0.15) is 0 Å². The predicted molar refractivity (Wildman–Crippen MR) is 108 cm³/mol. The maximum atomic E-state index is 13.0. The number of aryl methyl sites for hydroxylation is 1. The van der Waals surface area contributed by atoms with Crippen molar-refractivity contribution < 1.29 is 19.1 Å². The Morgan fingerprint density at radius 1 is 1.32 bits per heavy atom. The second-order valence-electron chi connectivity index (χ2n) is 7.70. The van der Waals surface area contributed by atoms with E-state index in [4.69, 9.17) is 9.52 Å². The van der Waals surface area contributed by atoms with Crippen molar-refractivity contribution in [2.45, 2.75) is 44.7 Å². The Hall–Kier alpha value is -3.63. The van der Waals surface area contributed by atoms with Crippen LogP contribution in [-0.2, 0) is 20.0 Å². The molecule has 1 aliphatic rings. The Kier molecular flexibility index (Phi) is 5.74. The van der Waals surface area contributed by atoms with Gasteiger partial charge in [0.05, 0.1) is 5.69 Å². The van der Waals surface area contributed by atoms with Gasteiger partial charge in [0.25, 0.3) is 5.91 Å². The van der Waals surface area contributed by atoms with E-state index in [1.165, 1.54) is 16.8 Å². The molecule has 0 spiro atoms. The lowest BCUT2D eigenvalue weighted by Crippen LogP contribution is -2.44. The summed E-state index contributed by atoms with van der Waals surface area (Å²) in [6, 6.07) is 3.08. The Bertz CT molecular complexity index is 1140. The number of H-pyrrole nitrogens is 1. The van der Waals surface area contributed by atoms with Gasteiger partial charge in [0.15, 0.2) is 0 Å². The molecule has 0 bridgehead atoms. The number of carbonyl (C=O) groups is 2. The number of nitrogens with one attached hydrogen (secondary N) is 1. The average molecular weight is 428 g/mol. The lowest BCUT2D eigenvalue weighted by Gasteiger charge is -2.35. The van der Waals surface area contributed by atoms with Crippen LogP contribution in [0.5, 0.6) is 0 Å². The summed E-state index contributed by atoms with van der Waals surface area (Å²) < 4.78 is 8.18. The first-order chi connectivity index (χ1) is 14.9. The SMILES string of the molecule is Cn1c(C(=O)N2CCCCC2CCc2cn(Cc3ccc(C(=O)O)o3)nn2)c[nH]c1=O. The van der Waals surface area contributed by atoms with Crippen LogP contribution in [-0.4, -0.2) is 59.0 Å². The number of furan rings is 1. The molecule has 1 saturated heterocycles. The zero-order chi connectivity index (χ0) is 22.0. The van der Waals surface area contributed by atoms with Crippen LogP contribution in [0.3, 0.4) is 0 Å². The van der Waals surface area contributed by atoms with Gasteiger partial charge < -0.3 is 19.4 Å². The van der Waals surface area contributed by atoms with E-state index in [1.54, 1.807) is 24.0 Å². The third-order valence-corrected chi connectivity index (χ3v) is 5.62. The van der Waals surface area contributed by atoms with E-state index < -0.39 is 5.97 Å². The van der Waals surface area contributed by atoms with Crippen molar-refractivity contribution in [1.82, 2.24) is 29.4 Å². The van der Waals surface area contributed by atoms with Crippen LogP contribution in [0.2, 0.25) is 0 Å². The largest absolute Gasteiger partial charge is 0.475 e. The molecule has 4 rings (SSSR count). The van der Waals surface area contributed by atoms with Gasteiger partial charge in [-0.15, -0.1) is 5.10 Å².